The first-order valence-corrected chi connectivity index (χ1v) is 14.3. The van der Waals surface area contributed by atoms with Crippen LogP contribution in [0.1, 0.15) is 50.9 Å². The van der Waals surface area contributed by atoms with E-state index in [4.69, 9.17) is 9.47 Å². The Kier molecular flexibility index (Phi) is 8.15. The molecule has 2 amide bonds. The predicted octanol–water partition coefficient (Wildman–Crippen LogP) is 2.16. The summed E-state index contributed by atoms with van der Waals surface area (Å²) in [6, 6.07) is 11.2. The molecule has 0 spiro atoms. The van der Waals surface area contributed by atoms with Crippen LogP contribution in [0.25, 0.3) is 0 Å². The van der Waals surface area contributed by atoms with Gasteiger partial charge in [-0.15, -0.1) is 0 Å². The van der Waals surface area contributed by atoms with Gasteiger partial charge in [0, 0.05) is 43.5 Å². The van der Waals surface area contributed by atoms with Crippen molar-refractivity contribution < 1.29 is 32.6 Å². The molecule has 230 valence electrons. The molecule has 0 bridgehead atoms. The van der Waals surface area contributed by atoms with Crippen LogP contribution in [0.2, 0.25) is 0 Å². The van der Waals surface area contributed by atoms with Gasteiger partial charge in [0.15, 0.2) is 5.69 Å². The number of nitrogens with one attached hydrogen (secondary N) is 2. The summed E-state index contributed by atoms with van der Waals surface area (Å²) in [6.07, 6.45) is 3.03. The molecule has 3 atom stereocenters. The third-order valence-corrected chi connectivity index (χ3v) is 8.40. The number of nitrogens with zero attached hydrogens (tertiary/aromatic N) is 3. The summed E-state index contributed by atoms with van der Waals surface area (Å²) in [4.78, 5) is 57.5. The number of halogens is 2. The maximum atomic E-state index is 14.2. The number of esters is 1. The first-order chi connectivity index (χ1) is 21.3. The zero-order chi connectivity index (χ0) is 31.0. The molecule has 2 fully saturated rings. The van der Waals surface area contributed by atoms with Crippen molar-refractivity contribution in [3.05, 3.63) is 99.0 Å². The van der Waals surface area contributed by atoms with Crippen LogP contribution in [-0.4, -0.2) is 71.3 Å². The summed E-state index contributed by atoms with van der Waals surface area (Å²) >= 11 is 0. The van der Waals surface area contributed by atoms with Gasteiger partial charge in [-0.1, -0.05) is 36.4 Å². The molecule has 2 aromatic carbocycles. The minimum atomic E-state index is -0.885. The monoisotopic (exact) mass is 607 g/mol. The van der Waals surface area contributed by atoms with Gasteiger partial charge >= 0.3 is 5.97 Å². The Labute approximate surface area is 251 Å². The van der Waals surface area contributed by atoms with Crippen LogP contribution in [0.15, 0.2) is 59.5 Å². The van der Waals surface area contributed by atoms with Crippen LogP contribution >= 0.6 is 0 Å². The van der Waals surface area contributed by atoms with Gasteiger partial charge < -0.3 is 29.6 Å². The highest BCUT2D eigenvalue weighted by Gasteiger charge is 2.48. The molecular formula is C31H31F2N5O6. The van der Waals surface area contributed by atoms with Gasteiger partial charge in [0.2, 0.25) is 18.0 Å². The summed E-state index contributed by atoms with van der Waals surface area (Å²) in [5.74, 6) is -3.96. The van der Waals surface area contributed by atoms with Gasteiger partial charge in [-0.3, -0.25) is 19.3 Å². The van der Waals surface area contributed by atoms with Crippen LogP contribution in [-0.2, 0) is 22.6 Å². The molecule has 1 aromatic heterocycles. The van der Waals surface area contributed by atoms with Gasteiger partial charge in [-0.25, -0.2) is 13.6 Å². The van der Waals surface area contributed by atoms with Gasteiger partial charge in [0.25, 0.3) is 11.8 Å². The molecule has 0 radical (unpaired) electrons. The zero-order valence-corrected chi connectivity index (χ0v) is 23.9. The molecule has 13 heteroatoms. The minimum absolute atomic E-state index is 0.0237. The van der Waals surface area contributed by atoms with E-state index in [1.54, 1.807) is 36.2 Å². The second-order valence-electron chi connectivity index (χ2n) is 11.0. The molecule has 3 aliphatic heterocycles. The summed E-state index contributed by atoms with van der Waals surface area (Å²) in [6.45, 7) is 0.632. The van der Waals surface area contributed by atoms with Gasteiger partial charge in [0.1, 0.15) is 29.4 Å². The molecule has 2 N–H and O–H groups in total. The molecule has 4 heterocycles. The number of ether oxygens (including phenoxy) is 2. The van der Waals surface area contributed by atoms with E-state index >= 15 is 0 Å². The molecular weight excluding hydrogens is 576 g/mol. The maximum absolute atomic E-state index is 14.2. The summed E-state index contributed by atoms with van der Waals surface area (Å²) < 4.78 is 40.0. The lowest BCUT2D eigenvalue weighted by Gasteiger charge is -2.36. The molecule has 44 heavy (non-hydrogen) atoms. The van der Waals surface area contributed by atoms with Crippen molar-refractivity contribution in [1.82, 2.24) is 25.0 Å². The predicted molar refractivity (Wildman–Crippen MR) is 153 cm³/mol. The molecule has 11 nitrogen and oxygen atoms in total. The average molecular weight is 608 g/mol. The van der Waals surface area contributed by atoms with E-state index in [1.807, 2.05) is 6.07 Å². The number of hydrogen-bond acceptors (Lipinski definition) is 8. The van der Waals surface area contributed by atoms with Crippen molar-refractivity contribution in [3.8, 4) is 5.75 Å². The molecule has 0 saturated carbocycles. The molecule has 1 unspecified atom stereocenters. The zero-order valence-electron chi connectivity index (χ0n) is 23.9. The van der Waals surface area contributed by atoms with Gasteiger partial charge in [-0.2, -0.15) is 0 Å². The highest BCUT2D eigenvalue weighted by molar-refractivity contribution is 5.99. The quantitative estimate of drug-likeness (QED) is 0.281. The fourth-order valence-corrected chi connectivity index (χ4v) is 6.24. The van der Waals surface area contributed by atoms with Crippen LogP contribution in [0.4, 0.5) is 8.78 Å². The SMILES string of the molecule is CN[C@H](C(=O)OCOc1c2n(cc(C(=O)NCc3ccc(F)cc3F)c1=O)C[C@@H]1N(CC3CCCN31)C2=O)c1ccccc1. The average Bonchev–Trinajstić information content (AvgIpc) is 3.61. The van der Waals surface area contributed by atoms with Crippen molar-refractivity contribution in [2.45, 2.75) is 44.2 Å². The van der Waals surface area contributed by atoms with E-state index in [2.05, 4.69) is 15.5 Å². The summed E-state index contributed by atoms with van der Waals surface area (Å²) in [7, 11) is 1.60. The topological polar surface area (TPSA) is 122 Å². The number of aromatic nitrogens is 1. The number of benzene rings is 2. The Morgan fingerprint density at radius 1 is 1.09 bits per heavy atom. The maximum Gasteiger partial charge on any atom is 0.330 e. The lowest BCUT2D eigenvalue weighted by atomic mass is 10.1. The van der Waals surface area contributed by atoms with Crippen LogP contribution in [0.3, 0.4) is 0 Å². The van der Waals surface area contributed by atoms with E-state index in [0.29, 0.717) is 18.2 Å². The second-order valence-corrected chi connectivity index (χ2v) is 11.0. The third-order valence-electron chi connectivity index (χ3n) is 8.40. The lowest BCUT2D eigenvalue weighted by molar-refractivity contribution is -0.152. The van der Waals surface area contributed by atoms with Crippen LogP contribution in [0.5, 0.6) is 5.75 Å². The Hall–Kier alpha value is -4.62. The Morgan fingerprint density at radius 2 is 1.89 bits per heavy atom. The number of rotatable bonds is 9. The van der Waals surface area contributed by atoms with Crippen molar-refractivity contribution in [2.75, 3.05) is 26.9 Å². The number of hydrogen-bond donors (Lipinski definition) is 2. The lowest BCUT2D eigenvalue weighted by Crippen LogP contribution is -2.50. The number of carbonyl (C=O) groups is 3. The van der Waals surface area contributed by atoms with E-state index in [9.17, 15) is 28.0 Å². The number of likely N-dealkylation sites (N-methyl/N-ethyl adjacent to an activating group) is 1. The first-order valence-electron chi connectivity index (χ1n) is 14.3. The smallest absolute Gasteiger partial charge is 0.330 e. The van der Waals surface area contributed by atoms with Crippen LogP contribution in [0, 0.1) is 11.6 Å². The summed E-state index contributed by atoms with van der Waals surface area (Å²) in [5, 5.41) is 5.37. The second kappa shape index (κ2) is 12.2. The minimum Gasteiger partial charge on any atom is -0.451 e. The first kappa shape index (κ1) is 29.5. The van der Waals surface area contributed by atoms with Gasteiger partial charge in [0.05, 0.1) is 6.54 Å². The third kappa shape index (κ3) is 5.44. The standard InChI is InChI=1S/C31H31F2N5O6/c1-34-25(18-6-3-2-4-7-18)31(42)44-17-43-28-26-30(41)38-14-21-8-5-11-37(21)24(38)16-36(26)15-22(27(28)39)29(40)35-13-19-9-10-20(32)12-23(19)33/h2-4,6-7,9-10,12,15,21,24-25,34H,5,8,11,13-14,16-17H2,1H3,(H,35,40)/t21?,24-,25-/m0/s1. The van der Waals surface area contributed by atoms with E-state index in [0.717, 1.165) is 25.5 Å². The molecule has 3 aliphatic rings. The highest BCUT2D eigenvalue weighted by atomic mass is 19.1. The van der Waals surface area contributed by atoms with E-state index < -0.39 is 53.4 Å². The molecule has 6 rings (SSSR count). The summed E-state index contributed by atoms with van der Waals surface area (Å²) in [5.41, 5.74) is -0.589. The largest absolute Gasteiger partial charge is 0.451 e. The highest BCUT2D eigenvalue weighted by Crippen LogP contribution is 2.35. The Balaban J connectivity index is 1.28. The van der Waals surface area contributed by atoms with Crippen molar-refractivity contribution >= 4 is 17.8 Å². The normalized spacial score (nSPS) is 19.6. The number of fused-ring (bicyclic) bond motifs is 4. The van der Waals surface area contributed by atoms with Gasteiger partial charge in [-0.05, 0) is 31.5 Å². The fraction of sp³-hybridized carbons (Fsp3) is 0.355. The van der Waals surface area contributed by atoms with Crippen molar-refractivity contribution in [2.24, 2.45) is 0 Å². The number of carbonyl (C=O) groups excluding carboxylic acids is 3. The Bertz CT molecular complexity index is 1670. The number of pyridine rings is 1. The van der Waals surface area contributed by atoms with Crippen molar-refractivity contribution in [1.29, 1.82) is 0 Å². The molecule has 0 aliphatic carbocycles. The fourth-order valence-electron chi connectivity index (χ4n) is 6.24. The van der Waals surface area contributed by atoms with E-state index in [-0.39, 0.29) is 42.1 Å². The molecule has 3 aromatic rings. The van der Waals surface area contributed by atoms with Crippen LogP contribution < -0.4 is 20.8 Å². The number of amides is 2. The van der Waals surface area contributed by atoms with Crippen molar-refractivity contribution in [3.63, 3.8) is 0 Å². The Morgan fingerprint density at radius 3 is 2.64 bits per heavy atom. The van der Waals surface area contributed by atoms with E-state index in [1.165, 1.54) is 16.8 Å². The molecule has 2 saturated heterocycles.